The summed E-state index contributed by atoms with van der Waals surface area (Å²) in [6.07, 6.45) is -4.33. The Morgan fingerprint density at radius 2 is 1.77 bits per heavy atom. The molecule has 0 N–H and O–H groups in total. The first-order valence-electron chi connectivity index (χ1n) is 7.03. The molecular weight excluding hydrogens is 317 g/mol. The zero-order valence-electron chi connectivity index (χ0n) is 12.4. The van der Waals surface area contributed by atoms with Crippen LogP contribution in [0.4, 0.5) is 18.9 Å². The van der Waals surface area contributed by atoms with Crippen LogP contribution in [0.25, 0.3) is 0 Å². The molecule has 2 rings (SSSR count). The zero-order chi connectivity index (χ0) is 16.5. The van der Waals surface area contributed by atoms with Gasteiger partial charge in [0, 0.05) is 30.9 Å². The second kappa shape index (κ2) is 6.36. The lowest BCUT2D eigenvalue weighted by molar-refractivity contribution is -0.137. The van der Waals surface area contributed by atoms with Crippen LogP contribution in [0, 0.1) is 0 Å². The third-order valence-electron chi connectivity index (χ3n) is 3.95. The predicted molar refractivity (Wildman–Crippen MR) is 80.1 cm³/mol. The van der Waals surface area contributed by atoms with Crippen molar-refractivity contribution in [3.63, 3.8) is 0 Å². The van der Waals surface area contributed by atoms with Gasteiger partial charge in [-0.1, -0.05) is 0 Å². The quantitative estimate of drug-likeness (QED) is 0.774. The number of carbonyl (C=O) groups excluding carboxylic acids is 1. The second-order valence-corrected chi connectivity index (χ2v) is 5.84. The molecule has 1 fully saturated rings. The third-order valence-corrected chi connectivity index (χ3v) is 4.18. The molecule has 22 heavy (non-hydrogen) atoms. The molecule has 0 aromatic heterocycles. The smallest absolute Gasteiger partial charge is 0.365 e. The number of halogens is 4. The van der Waals surface area contributed by atoms with Gasteiger partial charge < -0.3 is 9.80 Å². The largest absolute Gasteiger partial charge is 0.416 e. The van der Waals surface area contributed by atoms with Crippen LogP contribution in [-0.2, 0) is 11.0 Å². The highest BCUT2D eigenvalue weighted by Gasteiger charge is 2.33. The number of benzene rings is 1. The van der Waals surface area contributed by atoms with E-state index in [1.165, 1.54) is 12.1 Å². The maximum absolute atomic E-state index is 12.6. The van der Waals surface area contributed by atoms with Gasteiger partial charge in [0.15, 0.2) is 0 Å². The molecule has 1 amide bonds. The highest BCUT2D eigenvalue weighted by atomic mass is 35.5. The van der Waals surface area contributed by atoms with Gasteiger partial charge in [0.25, 0.3) is 0 Å². The average molecular weight is 335 g/mol. The molecule has 7 heteroatoms. The first kappa shape index (κ1) is 16.9. The first-order chi connectivity index (χ1) is 10.2. The molecule has 1 saturated heterocycles. The Kier molecular flexibility index (Phi) is 4.90. The molecule has 0 aliphatic carbocycles. The summed E-state index contributed by atoms with van der Waals surface area (Å²) < 4.78 is 37.8. The number of hydrogen-bond acceptors (Lipinski definition) is 2. The van der Waals surface area contributed by atoms with Crippen molar-refractivity contribution < 1.29 is 18.0 Å². The van der Waals surface area contributed by atoms with Crippen molar-refractivity contribution in [1.82, 2.24) is 4.90 Å². The fourth-order valence-corrected chi connectivity index (χ4v) is 2.91. The Balaban J connectivity index is 2.15. The average Bonchev–Trinajstić information content (AvgIpc) is 2.47. The van der Waals surface area contributed by atoms with Crippen molar-refractivity contribution in [2.45, 2.75) is 32.1 Å². The van der Waals surface area contributed by atoms with E-state index < -0.39 is 11.7 Å². The van der Waals surface area contributed by atoms with Crippen LogP contribution in [0.5, 0.6) is 0 Å². The fraction of sp³-hybridized carbons (Fsp3) is 0.533. The van der Waals surface area contributed by atoms with Crippen molar-refractivity contribution >= 4 is 23.2 Å². The van der Waals surface area contributed by atoms with Gasteiger partial charge in [-0.25, -0.2) is 0 Å². The lowest BCUT2D eigenvalue weighted by atomic mass is 10.1. The monoisotopic (exact) mass is 334 g/mol. The van der Waals surface area contributed by atoms with E-state index in [0.29, 0.717) is 13.1 Å². The van der Waals surface area contributed by atoms with Crippen molar-refractivity contribution in [2.75, 3.05) is 23.9 Å². The minimum atomic E-state index is -4.33. The van der Waals surface area contributed by atoms with Crippen LogP contribution in [0.2, 0.25) is 0 Å². The van der Waals surface area contributed by atoms with Crippen LogP contribution >= 0.6 is 11.6 Å². The minimum Gasteiger partial charge on any atom is -0.365 e. The predicted octanol–water partition coefficient (Wildman–Crippen LogP) is 3.37. The van der Waals surface area contributed by atoms with Crippen molar-refractivity contribution in [3.05, 3.63) is 29.8 Å². The zero-order valence-corrected chi connectivity index (χ0v) is 13.2. The highest BCUT2D eigenvalue weighted by molar-refractivity contribution is 6.27. The van der Waals surface area contributed by atoms with Crippen molar-refractivity contribution in [3.8, 4) is 0 Å². The van der Waals surface area contributed by atoms with Crippen LogP contribution < -0.4 is 4.90 Å². The summed E-state index contributed by atoms with van der Waals surface area (Å²) in [4.78, 5) is 15.5. The second-order valence-electron chi connectivity index (χ2n) is 5.57. The molecule has 0 unspecified atom stereocenters. The van der Waals surface area contributed by atoms with Crippen LogP contribution in [0.1, 0.15) is 19.4 Å². The SMILES string of the molecule is C[C@@H]1CN(c2ccc(C(F)(F)F)cc2)[C@@H](C)CN1C(=O)CCl. The fourth-order valence-electron chi connectivity index (χ4n) is 2.75. The van der Waals surface area contributed by atoms with Crippen molar-refractivity contribution in [1.29, 1.82) is 0 Å². The molecule has 0 saturated carbocycles. The summed E-state index contributed by atoms with van der Waals surface area (Å²) in [5, 5.41) is 0. The van der Waals surface area contributed by atoms with E-state index in [2.05, 4.69) is 0 Å². The molecule has 0 bridgehead atoms. The molecule has 1 aromatic carbocycles. The van der Waals surface area contributed by atoms with Crippen LogP contribution in [0.3, 0.4) is 0 Å². The number of piperazine rings is 1. The van der Waals surface area contributed by atoms with E-state index in [1.807, 2.05) is 18.7 Å². The van der Waals surface area contributed by atoms with Gasteiger partial charge in [0.1, 0.15) is 5.88 Å². The summed E-state index contributed by atoms with van der Waals surface area (Å²) in [6.45, 7) is 4.92. The molecule has 1 heterocycles. The number of rotatable bonds is 2. The number of carbonyl (C=O) groups is 1. The van der Waals surface area contributed by atoms with Gasteiger partial charge in [-0.05, 0) is 38.1 Å². The van der Waals surface area contributed by atoms with Gasteiger partial charge in [0.2, 0.25) is 5.91 Å². The molecule has 3 nitrogen and oxygen atoms in total. The third kappa shape index (κ3) is 3.48. The van der Waals surface area contributed by atoms with E-state index in [-0.39, 0.29) is 23.9 Å². The van der Waals surface area contributed by atoms with E-state index in [0.717, 1.165) is 17.8 Å². The van der Waals surface area contributed by atoms with Gasteiger partial charge in [0.05, 0.1) is 5.56 Å². The molecule has 1 aliphatic rings. The van der Waals surface area contributed by atoms with E-state index in [4.69, 9.17) is 11.6 Å². The summed E-state index contributed by atoms with van der Waals surface area (Å²) in [5.41, 5.74) is 0.0678. The van der Waals surface area contributed by atoms with E-state index in [9.17, 15) is 18.0 Å². The number of alkyl halides is 4. The van der Waals surface area contributed by atoms with Crippen LogP contribution in [0.15, 0.2) is 24.3 Å². The maximum Gasteiger partial charge on any atom is 0.416 e. The molecule has 1 aliphatic heterocycles. The number of anilines is 1. The minimum absolute atomic E-state index is 0.0140. The Hall–Kier alpha value is -1.43. The molecule has 0 radical (unpaired) electrons. The molecule has 0 spiro atoms. The van der Waals surface area contributed by atoms with Crippen LogP contribution in [-0.4, -0.2) is 41.9 Å². The number of hydrogen-bond donors (Lipinski definition) is 0. The molecule has 2 atom stereocenters. The standard InChI is InChI=1S/C15H18ClF3N2O/c1-10-9-21(14(22)7-16)11(2)8-20(10)13-5-3-12(4-6-13)15(17,18)19/h3-6,10-11H,7-9H2,1-2H3/t10-,11+/m0/s1. The highest BCUT2D eigenvalue weighted by Crippen LogP contribution is 2.31. The molecular formula is C15H18ClF3N2O. The Morgan fingerprint density at radius 1 is 1.18 bits per heavy atom. The lowest BCUT2D eigenvalue weighted by Crippen LogP contribution is -2.58. The Bertz CT molecular complexity index is 533. The lowest BCUT2D eigenvalue weighted by Gasteiger charge is -2.45. The Labute approximate surface area is 132 Å². The topological polar surface area (TPSA) is 23.6 Å². The summed E-state index contributed by atoms with van der Waals surface area (Å²) in [7, 11) is 0. The van der Waals surface area contributed by atoms with Gasteiger partial charge in [-0.2, -0.15) is 13.2 Å². The Morgan fingerprint density at radius 3 is 2.27 bits per heavy atom. The normalized spacial score (nSPS) is 22.8. The summed E-state index contributed by atoms with van der Waals surface area (Å²) in [6, 6.07) is 5.10. The number of nitrogens with zero attached hydrogens (tertiary/aromatic N) is 2. The van der Waals surface area contributed by atoms with Gasteiger partial charge in [-0.3, -0.25) is 4.79 Å². The molecule has 1 aromatic rings. The number of amides is 1. The maximum atomic E-state index is 12.6. The first-order valence-corrected chi connectivity index (χ1v) is 7.57. The van der Waals surface area contributed by atoms with Crippen molar-refractivity contribution in [2.24, 2.45) is 0 Å². The molecule has 122 valence electrons. The van der Waals surface area contributed by atoms with E-state index >= 15 is 0 Å². The summed E-state index contributed by atoms with van der Waals surface area (Å²) in [5.74, 6) is -0.176. The van der Waals surface area contributed by atoms with E-state index in [1.54, 1.807) is 4.90 Å². The van der Waals surface area contributed by atoms with Gasteiger partial charge >= 0.3 is 6.18 Å². The van der Waals surface area contributed by atoms with Gasteiger partial charge in [-0.15, -0.1) is 11.6 Å². The summed E-state index contributed by atoms with van der Waals surface area (Å²) >= 11 is 5.60.